The molecule has 1 aliphatic heterocycles. The summed E-state index contributed by atoms with van der Waals surface area (Å²) in [5, 5.41) is 15.1. The predicted octanol–water partition coefficient (Wildman–Crippen LogP) is -0.646. The fourth-order valence-electron chi connectivity index (χ4n) is 1.81. The van der Waals surface area contributed by atoms with Gasteiger partial charge in [-0.05, 0) is 13.0 Å². The highest BCUT2D eigenvalue weighted by atomic mass is 16.5. The molecule has 94 valence electrons. The number of rotatable bonds is 5. The third-order valence-electron chi connectivity index (χ3n) is 3.12. The molecule has 5 nitrogen and oxygen atoms in total. The normalized spacial score (nSPS) is 27.1. The molecule has 16 heavy (non-hydrogen) atoms. The van der Waals surface area contributed by atoms with Gasteiger partial charge in [-0.1, -0.05) is 13.8 Å². The van der Waals surface area contributed by atoms with E-state index in [4.69, 9.17) is 9.84 Å². The number of carbonyl (C=O) groups excluding carboxylic acids is 1. The minimum atomic E-state index is -0.175. The average Bonchev–Trinajstić information content (AvgIpc) is 2.72. The minimum Gasteiger partial charge on any atom is -0.394 e. The lowest BCUT2D eigenvalue weighted by molar-refractivity contribution is -0.126. The lowest BCUT2D eigenvalue weighted by Crippen LogP contribution is -2.48. The third kappa shape index (κ3) is 3.17. The highest BCUT2D eigenvalue weighted by Crippen LogP contribution is 2.14. The van der Waals surface area contributed by atoms with Gasteiger partial charge in [0, 0.05) is 6.04 Å². The van der Waals surface area contributed by atoms with E-state index in [9.17, 15) is 4.79 Å². The number of nitrogens with one attached hydrogen (secondary N) is 2. The predicted molar refractivity (Wildman–Crippen MR) is 61.0 cm³/mol. The summed E-state index contributed by atoms with van der Waals surface area (Å²) in [5.74, 6) is 0.0340. The summed E-state index contributed by atoms with van der Waals surface area (Å²) in [6, 6.07) is -0.0999. The van der Waals surface area contributed by atoms with E-state index in [2.05, 4.69) is 10.6 Å². The van der Waals surface area contributed by atoms with Gasteiger partial charge in [0.15, 0.2) is 0 Å². The Labute approximate surface area is 96.6 Å². The van der Waals surface area contributed by atoms with Crippen LogP contribution in [0.3, 0.4) is 0 Å². The number of carbonyl (C=O) groups is 1. The molecule has 0 aliphatic carbocycles. The molecular weight excluding hydrogens is 208 g/mol. The number of aliphatic hydroxyl groups excluding tert-OH is 1. The first-order valence-corrected chi connectivity index (χ1v) is 5.76. The highest BCUT2D eigenvalue weighted by Gasteiger charge is 2.34. The molecule has 5 heteroatoms. The van der Waals surface area contributed by atoms with Crippen molar-refractivity contribution in [1.29, 1.82) is 0 Å². The molecule has 1 rings (SSSR count). The van der Waals surface area contributed by atoms with Crippen molar-refractivity contribution < 1.29 is 14.6 Å². The number of hydrogen-bond donors (Lipinski definition) is 3. The SMILES string of the molecule is CNC1COCC1C(=O)NC(CO)C(C)C. The van der Waals surface area contributed by atoms with Crippen molar-refractivity contribution in [3.05, 3.63) is 0 Å². The van der Waals surface area contributed by atoms with Gasteiger partial charge in [0.2, 0.25) is 5.91 Å². The van der Waals surface area contributed by atoms with E-state index in [1.54, 1.807) is 0 Å². The Morgan fingerprint density at radius 2 is 2.19 bits per heavy atom. The quantitative estimate of drug-likeness (QED) is 0.587. The Bertz CT molecular complexity index is 233. The van der Waals surface area contributed by atoms with Crippen molar-refractivity contribution in [2.24, 2.45) is 11.8 Å². The largest absolute Gasteiger partial charge is 0.394 e. The van der Waals surface area contributed by atoms with Gasteiger partial charge in [-0.15, -0.1) is 0 Å². The zero-order chi connectivity index (χ0) is 12.1. The lowest BCUT2D eigenvalue weighted by Gasteiger charge is -2.23. The van der Waals surface area contributed by atoms with Crippen LogP contribution in [0.5, 0.6) is 0 Å². The van der Waals surface area contributed by atoms with Gasteiger partial charge in [0.05, 0.1) is 31.8 Å². The van der Waals surface area contributed by atoms with Crippen LogP contribution in [0.1, 0.15) is 13.8 Å². The summed E-state index contributed by atoms with van der Waals surface area (Å²) in [7, 11) is 1.82. The van der Waals surface area contributed by atoms with E-state index >= 15 is 0 Å². The summed E-state index contributed by atoms with van der Waals surface area (Å²) >= 11 is 0. The van der Waals surface area contributed by atoms with Gasteiger partial charge < -0.3 is 20.5 Å². The van der Waals surface area contributed by atoms with E-state index in [0.717, 1.165) is 0 Å². The molecule has 0 spiro atoms. The molecular formula is C11H22N2O3. The smallest absolute Gasteiger partial charge is 0.227 e. The Morgan fingerprint density at radius 3 is 2.69 bits per heavy atom. The first-order chi connectivity index (χ1) is 7.60. The minimum absolute atomic E-state index is 0.0266. The monoisotopic (exact) mass is 230 g/mol. The Balaban J connectivity index is 2.50. The summed E-state index contributed by atoms with van der Waals surface area (Å²) in [6.07, 6.45) is 0. The van der Waals surface area contributed by atoms with Gasteiger partial charge in [0.1, 0.15) is 0 Å². The molecule has 0 aromatic carbocycles. The van der Waals surface area contributed by atoms with Gasteiger partial charge in [-0.2, -0.15) is 0 Å². The van der Waals surface area contributed by atoms with Crippen molar-refractivity contribution in [2.75, 3.05) is 26.9 Å². The van der Waals surface area contributed by atoms with E-state index in [1.807, 2.05) is 20.9 Å². The van der Waals surface area contributed by atoms with E-state index in [-0.39, 0.29) is 36.4 Å². The maximum Gasteiger partial charge on any atom is 0.227 e. The maximum absolute atomic E-state index is 11.9. The van der Waals surface area contributed by atoms with Gasteiger partial charge in [-0.3, -0.25) is 4.79 Å². The van der Waals surface area contributed by atoms with Crippen molar-refractivity contribution in [1.82, 2.24) is 10.6 Å². The molecule has 0 aromatic rings. The molecule has 0 saturated carbocycles. The number of aliphatic hydroxyl groups is 1. The fraction of sp³-hybridized carbons (Fsp3) is 0.909. The van der Waals surface area contributed by atoms with Gasteiger partial charge in [-0.25, -0.2) is 0 Å². The Morgan fingerprint density at radius 1 is 1.50 bits per heavy atom. The molecule has 1 amide bonds. The second-order valence-corrected chi connectivity index (χ2v) is 4.58. The number of ether oxygens (including phenoxy) is 1. The molecule has 0 bridgehead atoms. The van der Waals surface area contributed by atoms with Crippen molar-refractivity contribution in [2.45, 2.75) is 25.9 Å². The van der Waals surface area contributed by atoms with Gasteiger partial charge >= 0.3 is 0 Å². The first kappa shape index (κ1) is 13.4. The molecule has 1 heterocycles. The van der Waals surface area contributed by atoms with Crippen LogP contribution < -0.4 is 10.6 Å². The van der Waals surface area contributed by atoms with E-state index in [0.29, 0.717) is 13.2 Å². The zero-order valence-electron chi connectivity index (χ0n) is 10.2. The summed E-state index contributed by atoms with van der Waals surface area (Å²) in [4.78, 5) is 11.9. The molecule has 0 aromatic heterocycles. The van der Waals surface area contributed by atoms with E-state index in [1.165, 1.54) is 0 Å². The van der Waals surface area contributed by atoms with Crippen molar-refractivity contribution in [3.8, 4) is 0 Å². The first-order valence-electron chi connectivity index (χ1n) is 5.76. The molecule has 1 aliphatic rings. The van der Waals surface area contributed by atoms with Crippen LogP contribution in [0, 0.1) is 11.8 Å². The van der Waals surface area contributed by atoms with Crippen LogP contribution in [0.2, 0.25) is 0 Å². The van der Waals surface area contributed by atoms with Crippen LogP contribution >= 0.6 is 0 Å². The third-order valence-corrected chi connectivity index (χ3v) is 3.12. The highest BCUT2D eigenvalue weighted by molar-refractivity contribution is 5.80. The van der Waals surface area contributed by atoms with Crippen LogP contribution in [0.15, 0.2) is 0 Å². The number of amides is 1. The second-order valence-electron chi connectivity index (χ2n) is 4.58. The molecule has 0 radical (unpaired) electrons. The topological polar surface area (TPSA) is 70.6 Å². The van der Waals surface area contributed by atoms with Crippen LogP contribution in [-0.2, 0) is 9.53 Å². The van der Waals surface area contributed by atoms with Gasteiger partial charge in [0.25, 0.3) is 0 Å². The average molecular weight is 230 g/mol. The number of hydrogen-bond acceptors (Lipinski definition) is 4. The van der Waals surface area contributed by atoms with E-state index < -0.39 is 0 Å². The van der Waals surface area contributed by atoms with Crippen LogP contribution in [0.4, 0.5) is 0 Å². The summed E-state index contributed by atoms with van der Waals surface area (Å²) in [5.41, 5.74) is 0. The molecule has 1 saturated heterocycles. The standard InChI is InChI=1S/C11H22N2O3/c1-7(2)9(4-14)13-11(15)8-5-16-6-10(8)12-3/h7-10,12,14H,4-6H2,1-3H3,(H,13,15). The Hall–Kier alpha value is -0.650. The summed E-state index contributed by atoms with van der Waals surface area (Å²) < 4.78 is 5.27. The molecule has 3 N–H and O–H groups in total. The lowest BCUT2D eigenvalue weighted by atomic mass is 10.00. The second kappa shape index (κ2) is 6.18. The summed E-state index contributed by atoms with van der Waals surface area (Å²) in [6.45, 7) is 4.94. The molecule has 1 fully saturated rings. The fourth-order valence-corrected chi connectivity index (χ4v) is 1.81. The van der Waals surface area contributed by atoms with Crippen molar-refractivity contribution in [3.63, 3.8) is 0 Å². The van der Waals surface area contributed by atoms with Crippen molar-refractivity contribution >= 4 is 5.91 Å². The molecule has 3 atom stereocenters. The zero-order valence-corrected chi connectivity index (χ0v) is 10.2. The molecule has 3 unspecified atom stereocenters. The Kier molecular flexibility index (Phi) is 5.18. The number of likely N-dealkylation sites (N-methyl/N-ethyl adjacent to an activating group) is 1. The maximum atomic E-state index is 11.9. The van der Waals surface area contributed by atoms with Crippen LogP contribution in [0.25, 0.3) is 0 Å². The van der Waals surface area contributed by atoms with Crippen LogP contribution in [-0.4, -0.2) is 50.0 Å².